The number of piperidine rings is 1. The fourth-order valence-electron chi connectivity index (χ4n) is 3.46. The molecule has 1 aliphatic heterocycles. The number of benzene rings is 1. The third kappa shape index (κ3) is 5.29. The number of carbonyl (C=O) groups excluding carboxylic acids is 1. The molecule has 1 aromatic heterocycles. The zero-order valence-electron chi connectivity index (χ0n) is 15.4. The minimum absolute atomic E-state index is 0. The first-order valence-electron chi connectivity index (χ1n) is 9.15. The summed E-state index contributed by atoms with van der Waals surface area (Å²) in [7, 11) is 0. The molecular formula is C21H28ClN3O. The van der Waals surface area contributed by atoms with Gasteiger partial charge in [-0.2, -0.15) is 0 Å². The summed E-state index contributed by atoms with van der Waals surface area (Å²) >= 11 is 0. The Morgan fingerprint density at radius 2 is 1.88 bits per heavy atom. The van der Waals surface area contributed by atoms with Crippen LogP contribution in [0.4, 0.5) is 0 Å². The largest absolute Gasteiger partial charge is 0.339 e. The monoisotopic (exact) mass is 373 g/mol. The van der Waals surface area contributed by atoms with Crippen LogP contribution in [0.3, 0.4) is 0 Å². The number of likely N-dealkylation sites (tertiary alicyclic amines) is 1. The number of rotatable bonds is 5. The topological polar surface area (TPSA) is 59.2 Å². The second-order valence-corrected chi connectivity index (χ2v) is 7.00. The van der Waals surface area contributed by atoms with Crippen molar-refractivity contribution < 1.29 is 4.79 Å². The number of halogens is 1. The van der Waals surface area contributed by atoms with Crippen LogP contribution >= 0.6 is 12.4 Å². The molecule has 5 heteroatoms. The summed E-state index contributed by atoms with van der Waals surface area (Å²) in [5.41, 5.74) is 9.80. The number of hydrogen-bond donors (Lipinski definition) is 1. The van der Waals surface area contributed by atoms with E-state index < -0.39 is 0 Å². The first kappa shape index (κ1) is 20.4. The van der Waals surface area contributed by atoms with E-state index in [1.807, 2.05) is 11.0 Å². The van der Waals surface area contributed by atoms with E-state index in [9.17, 15) is 4.79 Å². The van der Waals surface area contributed by atoms with E-state index in [4.69, 9.17) is 5.73 Å². The Kier molecular flexibility index (Phi) is 7.61. The van der Waals surface area contributed by atoms with Gasteiger partial charge in [-0.1, -0.05) is 29.8 Å². The molecule has 1 amide bonds. The number of carbonyl (C=O) groups is 1. The molecule has 26 heavy (non-hydrogen) atoms. The molecule has 0 bridgehead atoms. The van der Waals surface area contributed by atoms with Gasteiger partial charge >= 0.3 is 0 Å². The molecular weight excluding hydrogens is 346 g/mol. The maximum absolute atomic E-state index is 12.6. The number of pyridine rings is 1. The number of hydrogen-bond acceptors (Lipinski definition) is 3. The van der Waals surface area contributed by atoms with Crippen LogP contribution in [0.25, 0.3) is 0 Å². The zero-order valence-corrected chi connectivity index (χ0v) is 16.2. The highest BCUT2D eigenvalue weighted by molar-refractivity contribution is 5.94. The van der Waals surface area contributed by atoms with Crippen molar-refractivity contribution >= 4 is 18.3 Å². The summed E-state index contributed by atoms with van der Waals surface area (Å²) in [5.74, 6) is 0.816. The molecule has 4 nitrogen and oxygen atoms in total. The molecule has 3 rings (SSSR count). The molecule has 0 atom stereocenters. The van der Waals surface area contributed by atoms with Crippen LogP contribution in [0.1, 0.15) is 46.4 Å². The molecule has 1 fully saturated rings. The summed E-state index contributed by atoms with van der Waals surface area (Å²) in [6, 6.07) is 12.4. The second-order valence-electron chi connectivity index (χ2n) is 7.00. The number of aromatic nitrogens is 1. The lowest BCUT2D eigenvalue weighted by atomic mass is 9.90. The maximum Gasteiger partial charge on any atom is 0.253 e. The van der Waals surface area contributed by atoms with Crippen LogP contribution in [-0.4, -0.2) is 28.9 Å². The standard InChI is InChI=1S/C21H27N3O.ClH/c1-16-2-4-17(5-3-16)6-7-18-9-12-24(13-10-18)21(25)19-8-11-23-20(14-19)15-22;/h2-5,8,11,14,18H,6-7,9-10,12-13,15,22H2,1H3;1H. The molecule has 0 aliphatic carbocycles. The minimum Gasteiger partial charge on any atom is -0.339 e. The Morgan fingerprint density at radius 1 is 1.19 bits per heavy atom. The number of nitrogens with two attached hydrogens (primary N) is 1. The zero-order chi connectivity index (χ0) is 17.6. The third-order valence-electron chi connectivity index (χ3n) is 5.14. The first-order chi connectivity index (χ1) is 12.2. The molecule has 140 valence electrons. The fourth-order valence-corrected chi connectivity index (χ4v) is 3.46. The average Bonchev–Trinajstić information content (AvgIpc) is 2.67. The van der Waals surface area contributed by atoms with E-state index in [-0.39, 0.29) is 18.3 Å². The molecule has 2 N–H and O–H groups in total. The maximum atomic E-state index is 12.6. The summed E-state index contributed by atoms with van der Waals surface area (Å²) in [5, 5.41) is 0. The summed E-state index contributed by atoms with van der Waals surface area (Å²) in [6.07, 6.45) is 6.18. The predicted octanol–water partition coefficient (Wildman–Crippen LogP) is 3.76. The lowest BCUT2D eigenvalue weighted by Crippen LogP contribution is -2.38. The SMILES string of the molecule is Cc1ccc(CCC2CCN(C(=O)c3ccnc(CN)c3)CC2)cc1.Cl. The van der Waals surface area contributed by atoms with Gasteiger partial charge in [-0.25, -0.2) is 0 Å². The molecule has 0 spiro atoms. The molecule has 0 unspecified atom stereocenters. The Labute approximate surface area is 162 Å². The lowest BCUT2D eigenvalue weighted by Gasteiger charge is -2.32. The van der Waals surface area contributed by atoms with Gasteiger partial charge < -0.3 is 10.6 Å². The van der Waals surface area contributed by atoms with Crippen LogP contribution in [0.2, 0.25) is 0 Å². The van der Waals surface area contributed by atoms with Gasteiger partial charge in [0.1, 0.15) is 0 Å². The van der Waals surface area contributed by atoms with Crippen molar-refractivity contribution in [2.45, 2.75) is 39.2 Å². The molecule has 0 radical (unpaired) electrons. The normalized spacial score (nSPS) is 14.8. The number of aryl methyl sites for hydroxylation is 2. The Balaban J connectivity index is 0.00000243. The molecule has 2 heterocycles. The van der Waals surface area contributed by atoms with Gasteiger partial charge in [-0.15, -0.1) is 12.4 Å². The van der Waals surface area contributed by atoms with E-state index in [1.54, 1.807) is 12.3 Å². The van der Waals surface area contributed by atoms with E-state index in [0.29, 0.717) is 18.0 Å². The third-order valence-corrected chi connectivity index (χ3v) is 5.14. The quantitative estimate of drug-likeness (QED) is 0.868. The van der Waals surface area contributed by atoms with Crippen LogP contribution in [0, 0.1) is 12.8 Å². The highest BCUT2D eigenvalue weighted by atomic mass is 35.5. The van der Waals surface area contributed by atoms with Crippen molar-refractivity contribution in [1.82, 2.24) is 9.88 Å². The highest BCUT2D eigenvalue weighted by Gasteiger charge is 2.23. The van der Waals surface area contributed by atoms with E-state index in [0.717, 1.165) is 38.0 Å². The van der Waals surface area contributed by atoms with Crippen LogP contribution in [-0.2, 0) is 13.0 Å². The van der Waals surface area contributed by atoms with E-state index in [1.165, 1.54) is 17.5 Å². The average molecular weight is 374 g/mol. The van der Waals surface area contributed by atoms with Crippen molar-refractivity contribution in [3.8, 4) is 0 Å². The van der Waals surface area contributed by atoms with Crippen molar-refractivity contribution in [3.63, 3.8) is 0 Å². The molecule has 1 aliphatic rings. The smallest absolute Gasteiger partial charge is 0.253 e. The van der Waals surface area contributed by atoms with Crippen LogP contribution < -0.4 is 5.73 Å². The number of nitrogens with zero attached hydrogens (tertiary/aromatic N) is 2. The van der Waals surface area contributed by atoms with Crippen molar-refractivity contribution in [1.29, 1.82) is 0 Å². The van der Waals surface area contributed by atoms with Gasteiger partial charge in [-0.05, 0) is 56.2 Å². The molecule has 2 aromatic rings. The summed E-state index contributed by atoms with van der Waals surface area (Å²) in [6.45, 7) is 4.17. The van der Waals surface area contributed by atoms with E-state index in [2.05, 4.69) is 36.2 Å². The van der Waals surface area contributed by atoms with Crippen molar-refractivity contribution in [2.75, 3.05) is 13.1 Å². The van der Waals surface area contributed by atoms with Crippen molar-refractivity contribution in [2.24, 2.45) is 11.7 Å². The molecule has 1 saturated heterocycles. The van der Waals surface area contributed by atoms with Crippen LogP contribution in [0.15, 0.2) is 42.6 Å². The Bertz CT molecular complexity index is 709. The Morgan fingerprint density at radius 3 is 2.54 bits per heavy atom. The van der Waals surface area contributed by atoms with E-state index >= 15 is 0 Å². The molecule has 0 saturated carbocycles. The van der Waals surface area contributed by atoms with Gasteiger partial charge in [0.15, 0.2) is 0 Å². The van der Waals surface area contributed by atoms with Gasteiger partial charge in [0.25, 0.3) is 5.91 Å². The second kappa shape index (κ2) is 9.70. The van der Waals surface area contributed by atoms with Gasteiger partial charge in [0, 0.05) is 31.4 Å². The predicted molar refractivity (Wildman–Crippen MR) is 108 cm³/mol. The van der Waals surface area contributed by atoms with Gasteiger partial charge in [-0.3, -0.25) is 9.78 Å². The molecule has 1 aromatic carbocycles. The van der Waals surface area contributed by atoms with Crippen LogP contribution in [0.5, 0.6) is 0 Å². The first-order valence-corrected chi connectivity index (χ1v) is 9.15. The van der Waals surface area contributed by atoms with Crippen molar-refractivity contribution in [3.05, 3.63) is 65.0 Å². The Hall–Kier alpha value is -1.91. The lowest BCUT2D eigenvalue weighted by molar-refractivity contribution is 0.0686. The number of amides is 1. The summed E-state index contributed by atoms with van der Waals surface area (Å²) < 4.78 is 0. The van der Waals surface area contributed by atoms with Gasteiger partial charge in [0.2, 0.25) is 0 Å². The summed E-state index contributed by atoms with van der Waals surface area (Å²) in [4.78, 5) is 18.8. The van der Waals surface area contributed by atoms with Gasteiger partial charge in [0.05, 0.1) is 5.69 Å². The fraction of sp³-hybridized carbons (Fsp3) is 0.429. The highest BCUT2D eigenvalue weighted by Crippen LogP contribution is 2.23. The minimum atomic E-state index is 0.